The van der Waals surface area contributed by atoms with Gasteiger partial charge in [-0.1, -0.05) is 67.5 Å². The maximum absolute atomic E-state index is 12.5. The number of carbonyl (C=O) groups excluding carboxylic acids is 2. The fraction of sp³-hybridized carbons (Fsp3) is 0.667. The monoisotopic (exact) mass is 390 g/mol. The minimum atomic E-state index is -0.476. The van der Waals surface area contributed by atoms with Crippen molar-refractivity contribution in [3.63, 3.8) is 0 Å². The maximum atomic E-state index is 12.5. The van der Waals surface area contributed by atoms with Gasteiger partial charge in [0.2, 0.25) is 0 Å². The van der Waals surface area contributed by atoms with Gasteiger partial charge >= 0.3 is 11.9 Å². The molecule has 0 aromatic heterocycles. The summed E-state index contributed by atoms with van der Waals surface area (Å²) in [5.74, 6) is -0.449. The third-order valence-electron chi connectivity index (χ3n) is 4.29. The summed E-state index contributed by atoms with van der Waals surface area (Å²) >= 11 is 0. The van der Waals surface area contributed by atoms with Crippen molar-refractivity contribution < 1.29 is 19.1 Å². The number of ether oxygens (including phenoxy) is 2. The molecule has 0 aliphatic rings. The van der Waals surface area contributed by atoms with Crippen molar-refractivity contribution in [1.29, 1.82) is 0 Å². The average molecular weight is 391 g/mol. The van der Waals surface area contributed by atoms with Gasteiger partial charge in [-0.05, 0) is 47.6 Å². The van der Waals surface area contributed by atoms with Crippen LogP contribution in [0.3, 0.4) is 0 Å². The lowest BCUT2D eigenvalue weighted by atomic mass is 9.86. The summed E-state index contributed by atoms with van der Waals surface area (Å²) in [7, 11) is 0. The first-order valence-corrected chi connectivity index (χ1v) is 10.2. The molecule has 0 amide bonds. The highest BCUT2D eigenvalue weighted by atomic mass is 16.5. The summed E-state index contributed by atoms with van der Waals surface area (Å²) in [6.45, 7) is 17.8. The Hall–Kier alpha value is -1.84. The van der Waals surface area contributed by atoms with Crippen LogP contribution >= 0.6 is 0 Å². The largest absolute Gasteiger partial charge is 0.462 e. The Morgan fingerprint density at radius 3 is 1.36 bits per heavy atom. The van der Waals surface area contributed by atoms with Gasteiger partial charge in [-0.3, -0.25) is 0 Å². The molecule has 0 aliphatic heterocycles. The maximum Gasteiger partial charge on any atom is 0.339 e. The molecule has 0 N–H and O–H groups in total. The van der Waals surface area contributed by atoms with E-state index < -0.39 is 11.9 Å². The lowest BCUT2D eigenvalue weighted by molar-refractivity contribution is 0.0376. The third kappa shape index (κ3) is 9.38. The summed E-state index contributed by atoms with van der Waals surface area (Å²) in [6, 6.07) is 6.69. The van der Waals surface area contributed by atoms with Crippen LogP contribution < -0.4 is 0 Å². The van der Waals surface area contributed by atoms with Crippen LogP contribution in [0.1, 0.15) is 88.9 Å². The normalized spacial score (nSPS) is 14.3. The zero-order valence-corrected chi connectivity index (χ0v) is 18.9. The number of benzene rings is 1. The molecule has 28 heavy (non-hydrogen) atoms. The van der Waals surface area contributed by atoms with E-state index in [4.69, 9.17) is 9.47 Å². The molecule has 0 bridgehead atoms. The van der Waals surface area contributed by atoms with Crippen LogP contribution in [0.4, 0.5) is 0 Å². The Balaban J connectivity index is 2.70. The second kappa shape index (κ2) is 10.1. The lowest BCUT2D eigenvalue weighted by Crippen LogP contribution is -2.21. The first-order valence-electron chi connectivity index (χ1n) is 10.2. The molecular formula is C24H38O4. The van der Waals surface area contributed by atoms with E-state index in [-0.39, 0.29) is 33.8 Å². The van der Waals surface area contributed by atoms with Crippen molar-refractivity contribution in [2.24, 2.45) is 22.7 Å². The Kier molecular flexibility index (Phi) is 8.72. The van der Waals surface area contributed by atoms with Crippen molar-refractivity contribution in [3.8, 4) is 0 Å². The quantitative estimate of drug-likeness (QED) is 0.500. The van der Waals surface area contributed by atoms with Crippen molar-refractivity contribution in [2.75, 3.05) is 13.2 Å². The van der Waals surface area contributed by atoms with E-state index in [0.717, 1.165) is 12.8 Å². The number of hydrogen-bond donors (Lipinski definition) is 0. The molecule has 158 valence electrons. The molecule has 4 nitrogen and oxygen atoms in total. The number of carbonyl (C=O) groups is 2. The molecule has 2 atom stereocenters. The molecule has 2 unspecified atom stereocenters. The summed E-state index contributed by atoms with van der Waals surface area (Å²) in [5, 5.41) is 0. The minimum Gasteiger partial charge on any atom is -0.462 e. The fourth-order valence-corrected chi connectivity index (χ4v) is 3.64. The van der Waals surface area contributed by atoms with Crippen molar-refractivity contribution >= 4 is 11.9 Å². The van der Waals surface area contributed by atoms with E-state index in [2.05, 4.69) is 55.4 Å². The molecule has 1 aromatic carbocycles. The van der Waals surface area contributed by atoms with E-state index in [1.54, 1.807) is 24.3 Å². The van der Waals surface area contributed by atoms with Crippen LogP contribution in [-0.4, -0.2) is 25.2 Å². The van der Waals surface area contributed by atoms with Gasteiger partial charge in [0.1, 0.15) is 0 Å². The zero-order valence-electron chi connectivity index (χ0n) is 18.9. The van der Waals surface area contributed by atoms with Gasteiger partial charge < -0.3 is 9.47 Å². The number of rotatable bonds is 8. The fourth-order valence-electron chi connectivity index (χ4n) is 3.64. The van der Waals surface area contributed by atoms with E-state index in [9.17, 15) is 9.59 Å². The Bertz CT molecular complexity index is 592. The van der Waals surface area contributed by atoms with E-state index in [1.165, 1.54) is 0 Å². The van der Waals surface area contributed by atoms with Gasteiger partial charge in [0.15, 0.2) is 0 Å². The summed E-state index contributed by atoms with van der Waals surface area (Å²) < 4.78 is 10.9. The standard InChI is InChI=1S/C24H38O4/c1-17(13-23(3,4)5)15-27-21(25)19-11-9-10-12-20(19)22(26)28-16-18(2)14-24(6,7)8/h9-12,17-18H,13-16H2,1-8H3. The molecule has 0 radical (unpaired) electrons. The van der Waals surface area contributed by atoms with Crippen LogP contribution in [0, 0.1) is 22.7 Å². The lowest BCUT2D eigenvalue weighted by Gasteiger charge is -2.23. The van der Waals surface area contributed by atoms with Gasteiger partial charge in [0.05, 0.1) is 24.3 Å². The molecule has 1 rings (SSSR count). The molecule has 1 aromatic rings. The SMILES string of the molecule is CC(COC(=O)c1ccccc1C(=O)OCC(C)CC(C)(C)C)CC(C)(C)C. The van der Waals surface area contributed by atoms with Crippen LogP contribution in [0.5, 0.6) is 0 Å². The highest BCUT2D eigenvalue weighted by Crippen LogP contribution is 2.25. The molecular weight excluding hydrogens is 352 g/mol. The second-order valence-electron chi connectivity index (χ2n) is 10.5. The Morgan fingerprint density at radius 1 is 0.750 bits per heavy atom. The molecule has 0 spiro atoms. The zero-order chi connectivity index (χ0) is 21.5. The minimum absolute atomic E-state index is 0.178. The van der Waals surface area contributed by atoms with Gasteiger partial charge in [0, 0.05) is 0 Å². The first-order chi connectivity index (χ1) is 12.8. The van der Waals surface area contributed by atoms with Crippen molar-refractivity contribution in [3.05, 3.63) is 35.4 Å². The molecule has 0 aliphatic carbocycles. The molecule has 0 saturated carbocycles. The predicted molar refractivity (Wildman–Crippen MR) is 113 cm³/mol. The Morgan fingerprint density at radius 2 is 1.07 bits per heavy atom. The van der Waals surface area contributed by atoms with Gasteiger partial charge in [-0.15, -0.1) is 0 Å². The molecule has 0 fully saturated rings. The van der Waals surface area contributed by atoms with Crippen LogP contribution in [0.25, 0.3) is 0 Å². The van der Waals surface area contributed by atoms with Crippen LogP contribution in [0.15, 0.2) is 24.3 Å². The molecule has 0 heterocycles. The van der Waals surface area contributed by atoms with E-state index in [1.807, 2.05) is 0 Å². The molecule has 4 heteroatoms. The topological polar surface area (TPSA) is 52.6 Å². The van der Waals surface area contributed by atoms with Crippen molar-refractivity contribution in [1.82, 2.24) is 0 Å². The highest BCUT2D eigenvalue weighted by molar-refractivity contribution is 6.03. The third-order valence-corrected chi connectivity index (χ3v) is 4.29. The highest BCUT2D eigenvalue weighted by Gasteiger charge is 2.22. The summed E-state index contributed by atoms with van der Waals surface area (Å²) in [5.41, 5.74) is 0.882. The summed E-state index contributed by atoms with van der Waals surface area (Å²) in [6.07, 6.45) is 1.91. The van der Waals surface area contributed by atoms with Gasteiger partial charge in [-0.25, -0.2) is 9.59 Å². The number of esters is 2. The van der Waals surface area contributed by atoms with Crippen molar-refractivity contribution in [2.45, 2.75) is 68.2 Å². The first kappa shape index (κ1) is 24.2. The van der Waals surface area contributed by atoms with Gasteiger partial charge in [0.25, 0.3) is 0 Å². The van der Waals surface area contributed by atoms with Crippen LogP contribution in [-0.2, 0) is 9.47 Å². The predicted octanol–water partition coefficient (Wildman–Crippen LogP) is 6.14. The number of hydrogen-bond acceptors (Lipinski definition) is 4. The van der Waals surface area contributed by atoms with Crippen LogP contribution in [0.2, 0.25) is 0 Å². The second-order valence-corrected chi connectivity index (χ2v) is 10.5. The van der Waals surface area contributed by atoms with E-state index in [0.29, 0.717) is 13.2 Å². The smallest absolute Gasteiger partial charge is 0.339 e. The van der Waals surface area contributed by atoms with E-state index >= 15 is 0 Å². The summed E-state index contributed by atoms with van der Waals surface area (Å²) in [4.78, 5) is 25.1. The van der Waals surface area contributed by atoms with Gasteiger partial charge in [-0.2, -0.15) is 0 Å². The Labute approximate surface area is 171 Å². The average Bonchev–Trinajstić information content (AvgIpc) is 2.54. The molecule has 0 saturated heterocycles.